The molecule has 3 aromatic rings. The lowest BCUT2D eigenvalue weighted by molar-refractivity contribution is -0.119. The molecule has 4 nitrogen and oxygen atoms in total. The number of hydrazone groups is 1. The first-order chi connectivity index (χ1) is 14.0. The first kappa shape index (κ1) is 20.3. The van der Waals surface area contributed by atoms with E-state index < -0.39 is 0 Å². The van der Waals surface area contributed by atoms with Gasteiger partial charge in [-0.25, -0.2) is 5.43 Å². The number of nitrogens with one attached hydrogen (secondary N) is 2. The lowest BCUT2D eigenvalue weighted by Crippen LogP contribution is -2.25. The number of hydrogen-bond acceptors (Lipinski definition) is 3. The van der Waals surface area contributed by atoms with E-state index in [1.807, 2.05) is 43.3 Å². The van der Waals surface area contributed by atoms with Gasteiger partial charge in [-0.1, -0.05) is 74.5 Å². The molecule has 3 rings (SSSR count). The quantitative estimate of drug-likeness (QED) is 0.412. The van der Waals surface area contributed by atoms with E-state index >= 15 is 0 Å². The normalized spacial score (nSPS) is 11.9. The maximum atomic E-state index is 12.0. The summed E-state index contributed by atoms with van der Waals surface area (Å²) in [4.78, 5) is 12.0. The smallest absolute Gasteiger partial charge is 0.259 e. The first-order valence-electron chi connectivity index (χ1n) is 9.84. The number of allylic oxidation sites excluding steroid dienone is 1. The minimum atomic E-state index is -0.191. The van der Waals surface area contributed by atoms with E-state index in [0.29, 0.717) is 5.92 Å². The maximum Gasteiger partial charge on any atom is 0.259 e. The van der Waals surface area contributed by atoms with E-state index in [1.54, 1.807) is 6.21 Å². The van der Waals surface area contributed by atoms with Crippen molar-refractivity contribution in [1.29, 1.82) is 0 Å². The van der Waals surface area contributed by atoms with Gasteiger partial charge in [-0.3, -0.25) is 4.79 Å². The Balaban J connectivity index is 1.49. The minimum absolute atomic E-state index is 0.162. The molecule has 0 bridgehead atoms. The van der Waals surface area contributed by atoms with Crippen LogP contribution in [0.3, 0.4) is 0 Å². The highest BCUT2D eigenvalue weighted by molar-refractivity contribution is 5.88. The maximum absolute atomic E-state index is 12.0. The van der Waals surface area contributed by atoms with Gasteiger partial charge in [0.05, 0.1) is 12.8 Å². The van der Waals surface area contributed by atoms with E-state index in [4.69, 9.17) is 0 Å². The zero-order chi connectivity index (χ0) is 20.6. The molecule has 0 saturated heterocycles. The van der Waals surface area contributed by atoms with Crippen LogP contribution in [-0.4, -0.2) is 18.7 Å². The number of anilines is 1. The van der Waals surface area contributed by atoms with Crippen LogP contribution in [0.2, 0.25) is 0 Å². The SMILES string of the molecule is CC(/C=N\NC(=O)CNc1ccc2ccccc2c1)=C\c1ccc(C(C)C)cc1. The summed E-state index contributed by atoms with van der Waals surface area (Å²) >= 11 is 0. The second kappa shape index (κ2) is 9.69. The molecule has 0 aliphatic carbocycles. The summed E-state index contributed by atoms with van der Waals surface area (Å²) < 4.78 is 0. The van der Waals surface area contributed by atoms with Gasteiger partial charge >= 0.3 is 0 Å². The van der Waals surface area contributed by atoms with Crippen LogP contribution in [-0.2, 0) is 4.79 Å². The second-order valence-corrected chi connectivity index (χ2v) is 7.42. The van der Waals surface area contributed by atoms with Crippen molar-refractivity contribution in [2.75, 3.05) is 11.9 Å². The van der Waals surface area contributed by atoms with Crippen molar-refractivity contribution < 1.29 is 4.79 Å². The highest BCUT2D eigenvalue weighted by atomic mass is 16.2. The lowest BCUT2D eigenvalue weighted by Gasteiger charge is -2.07. The second-order valence-electron chi connectivity index (χ2n) is 7.42. The van der Waals surface area contributed by atoms with E-state index in [2.05, 4.69) is 66.1 Å². The largest absolute Gasteiger partial charge is 0.376 e. The van der Waals surface area contributed by atoms with E-state index in [9.17, 15) is 4.79 Å². The van der Waals surface area contributed by atoms with Crippen LogP contribution in [0.5, 0.6) is 0 Å². The Morgan fingerprint density at radius 3 is 2.45 bits per heavy atom. The Labute approximate surface area is 172 Å². The van der Waals surface area contributed by atoms with Crippen LogP contribution in [0.4, 0.5) is 5.69 Å². The molecule has 0 spiro atoms. The molecule has 0 saturated carbocycles. The van der Waals surface area contributed by atoms with E-state index in [0.717, 1.165) is 22.2 Å². The van der Waals surface area contributed by atoms with Gasteiger partial charge in [0, 0.05) is 5.69 Å². The highest BCUT2D eigenvalue weighted by Gasteiger charge is 2.01. The Hall–Kier alpha value is -3.40. The monoisotopic (exact) mass is 385 g/mol. The molecule has 0 radical (unpaired) electrons. The number of hydrogen-bond donors (Lipinski definition) is 2. The Morgan fingerprint density at radius 1 is 1.00 bits per heavy atom. The molecule has 0 atom stereocenters. The molecule has 2 N–H and O–H groups in total. The molecule has 0 unspecified atom stereocenters. The third-order valence-corrected chi connectivity index (χ3v) is 4.66. The fraction of sp³-hybridized carbons (Fsp3) is 0.200. The molecule has 0 aliphatic heterocycles. The van der Waals surface area contributed by atoms with Crippen LogP contribution >= 0.6 is 0 Å². The van der Waals surface area contributed by atoms with Crippen molar-refractivity contribution in [2.45, 2.75) is 26.7 Å². The third kappa shape index (κ3) is 6.04. The Kier molecular flexibility index (Phi) is 6.80. The zero-order valence-electron chi connectivity index (χ0n) is 17.1. The van der Waals surface area contributed by atoms with Crippen LogP contribution in [0.1, 0.15) is 37.8 Å². The molecule has 0 fully saturated rings. The molecule has 29 heavy (non-hydrogen) atoms. The van der Waals surface area contributed by atoms with Crippen molar-refractivity contribution in [3.8, 4) is 0 Å². The van der Waals surface area contributed by atoms with Crippen molar-refractivity contribution >= 4 is 34.7 Å². The van der Waals surface area contributed by atoms with Crippen molar-refractivity contribution in [3.63, 3.8) is 0 Å². The summed E-state index contributed by atoms with van der Waals surface area (Å²) in [6.07, 6.45) is 3.69. The van der Waals surface area contributed by atoms with Gasteiger partial charge in [0.25, 0.3) is 5.91 Å². The molecule has 148 valence electrons. The molecule has 0 aliphatic rings. The van der Waals surface area contributed by atoms with Crippen LogP contribution in [0.15, 0.2) is 77.4 Å². The predicted octanol–water partition coefficient (Wildman–Crippen LogP) is 5.58. The number of amides is 1. The van der Waals surface area contributed by atoms with E-state index in [1.165, 1.54) is 10.9 Å². The van der Waals surface area contributed by atoms with Gasteiger partial charge in [-0.2, -0.15) is 5.10 Å². The van der Waals surface area contributed by atoms with Gasteiger partial charge in [0.1, 0.15) is 0 Å². The lowest BCUT2D eigenvalue weighted by atomic mass is 10.0. The van der Waals surface area contributed by atoms with Crippen LogP contribution in [0.25, 0.3) is 16.8 Å². The van der Waals surface area contributed by atoms with Crippen molar-refractivity contribution in [1.82, 2.24) is 5.43 Å². The Morgan fingerprint density at radius 2 is 1.72 bits per heavy atom. The highest BCUT2D eigenvalue weighted by Crippen LogP contribution is 2.18. The molecule has 1 amide bonds. The molecule has 0 heterocycles. The fourth-order valence-electron chi connectivity index (χ4n) is 3.00. The molecule has 3 aromatic carbocycles. The van der Waals surface area contributed by atoms with Gasteiger partial charge in [-0.15, -0.1) is 0 Å². The van der Waals surface area contributed by atoms with Crippen LogP contribution < -0.4 is 10.7 Å². The van der Waals surface area contributed by atoms with Gasteiger partial charge in [-0.05, 0) is 52.4 Å². The average Bonchev–Trinajstić information content (AvgIpc) is 2.72. The average molecular weight is 386 g/mol. The number of carbonyl (C=O) groups is 1. The summed E-state index contributed by atoms with van der Waals surface area (Å²) in [5.41, 5.74) is 6.86. The number of benzene rings is 3. The molecule has 4 heteroatoms. The summed E-state index contributed by atoms with van der Waals surface area (Å²) in [5, 5.41) is 9.48. The standard InChI is InChI=1S/C25H27N3O/c1-18(2)21-10-8-20(9-11-21)14-19(3)16-27-28-25(29)17-26-24-13-12-22-6-4-5-7-23(22)15-24/h4-16,18,26H,17H2,1-3H3,(H,28,29)/b19-14+,27-16-. The molecule has 0 aromatic heterocycles. The first-order valence-corrected chi connectivity index (χ1v) is 9.84. The third-order valence-electron chi connectivity index (χ3n) is 4.66. The summed E-state index contributed by atoms with van der Waals surface area (Å²) in [6.45, 7) is 6.48. The van der Waals surface area contributed by atoms with Gasteiger partial charge < -0.3 is 5.32 Å². The van der Waals surface area contributed by atoms with Gasteiger partial charge in [0.15, 0.2) is 0 Å². The van der Waals surface area contributed by atoms with Crippen molar-refractivity contribution in [3.05, 3.63) is 83.4 Å². The van der Waals surface area contributed by atoms with E-state index in [-0.39, 0.29) is 12.5 Å². The fourth-order valence-corrected chi connectivity index (χ4v) is 3.00. The topological polar surface area (TPSA) is 53.5 Å². The Bertz CT molecular complexity index is 1030. The molecular formula is C25H27N3O. The van der Waals surface area contributed by atoms with Gasteiger partial charge in [0.2, 0.25) is 0 Å². The predicted molar refractivity (Wildman–Crippen MR) is 123 cm³/mol. The summed E-state index contributed by atoms with van der Waals surface area (Å²) in [6, 6.07) is 22.6. The number of carbonyl (C=O) groups excluding carboxylic acids is 1. The zero-order valence-corrected chi connectivity index (χ0v) is 17.1. The van der Waals surface area contributed by atoms with Crippen molar-refractivity contribution in [2.24, 2.45) is 5.10 Å². The molecular weight excluding hydrogens is 358 g/mol. The summed E-state index contributed by atoms with van der Waals surface area (Å²) in [7, 11) is 0. The minimum Gasteiger partial charge on any atom is -0.376 e. The number of nitrogens with zero attached hydrogens (tertiary/aromatic N) is 1. The number of fused-ring (bicyclic) bond motifs is 1. The summed E-state index contributed by atoms with van der Waals surface area (Å²) in [5.74, 6) is 0.331. The van der Waals surface area contributed by atoms with Crippen LogP contribution in [0, 0.1) is 0 Å². The number of rotatable bonds is 7.